The highest BCUT2D eigenvalue weighted by molar-refractivity contribution is 5.94. The molecule has 1 saturated heterocycles. The molecule has 0 aliphatic carbocycles. The molecule has 1 N–H and O–H groups in total. The molecule has 1 fully saturated rings. The minimum absolute atomic E-state index is 0.0386. The third kappa shape index (κ3) is 5.13. The van der Waals surface area contributed by atoms with Gasteiger partial charge in [-0.05, 0) is 56.5 Å². The lowest BCUT2D eigenvalue weighted by Gasteiger charge is -2.23. The zero-order valence-corrected chi connectivity index (χ0v) is 17.5. The molecule has 0 saturated carbocycles. The van der Waals surface area contributed by atoms with Crippen LogP contribution in [-0.4, -0.2) is 40.9 Å². The lowest BCUT2D eigenvalue weighted by molar-refractivity contribution is -0.137. The number of imidazole rings is 1. The molecule has 3 aromatic rings. The van der Waals surface area contributed by atoms with E-state index >= 15 is 0 Å². The Morgan fingerprint density at radius 1 is 1.34 bits per heavy atom. The maximum Gasteiger partial charge on any atom is 0.416 e. The maximum absolute atomic E-state index is 13.1. The minimum atomic E-state index is -4.49. The van der Waals surface area contributed by atoms with Crippen LogP contribution in [0.5, 0.6) is 0 Å². The Labute approximate surface area is 182 Å². The number of hydrogen-bond acceptors (Lipinski definition) is 5. The second-order valence-corrected chi connectivity index (χ2v) is 7.76. The SMILES string of the molecule is CC(OCC1CCCCO1)C(=O)Nc1nc2cc(C(F)(F)F)ccc2n1Cc1ccco1. The Bertz CT molecular complexity index is 1060. The number of benzene rings is 1. The van der Waals surface area contributed by atoms with Crippen molar-refractivity contribution in [3.63, 3.8) is 0 Å². The highest BCUT2D eigenvalue weighted by atomic mass is 19.4. The first kappa shape index (κ1) is 22.3. The van der Waals surface area contributed by atoms with Gasteiger partial charge in [0.2, 0.25) is 5.95 Å². The number of nitrogens with zero attached hydrogens (tertiary/aromatic N) is 2. The molecule has 0 spiro atoms. The average Bonchev–Trinajstić information content (AvgIpc) is 3.40. The van der Waals surface area contributed by atoms with Gasteiger partial charge in [-0.1, -0.05) is 0 Å². The highest BCUT2D eigenvalue weighted by Gasteiger charge is 2.31. The molecular formula is C22H24F3N3O4. The molecule has 32 heavy (non-hydrogen) atoms. The number of aromatic nitrogens is 2. The van der Waals surface area contributed by atoms with Crippen molar-refractivity contribution < 1.29 is 31.9 Å². The molecule has 4 rings (SSSR count). The molecule has 10 heteroatoms. The van der Waals surface area contributed by atoms with Crippen LogP contribution < -0.4 is 5.32 Å². The van der Waals surface area contributed by atoms with E-state index in [1.54, 1.807) is 23.6 Å². The van der Waals surface area contributed by atoms with Gasteiger partial charge in [0.25, 0.3) is 5.91 Å². The molecule has 1 aliphatic rings. The van der Waals surface area contributed by atoms with Gasteiger partial charge >= 0.3 is 6.18 Å². The summed E-state index contributed by atoms with van der Waals surface area (Å²) in [4.78, 5) is 17.0. The first-order chi connectivity index (χ1) is 15.3. The number of fused-ring (bicyclic) bond motifs is 1. The summed E-state index contributed by atoms with van der Waals surface area (Å²) in [6.45, 7) is 2.78. The number of carbonyl (C=O) groups is 1. The lowest BCUT2D eigenvalue weighted by atomic mass is 10.1. The second kappa shape index (κ2) is 9.33. The molecular weight excluding hydrogens is 427 g/mol. The van der Waals surface area contributed by atoms with Crippen molar-refractivity contribution >= 4 is 22.9 Å². The largest absolute Gasteiger partial charge is 0.467 e. The Kier molecular flexibility index (Phi) is 6.52. The van der Waals surface area contributed by atoms with Crippen LogP contribution >= 0.6 is 0 Å². The van der Waals surface area contributed by atoms with E-state index in [0.29, 0.717) is 24.5 Å². The summed E-state index contributed by atoms with van der Waals surface area (Å²) in [7, 11) is 0. The standard InChI is InChI=1S/C22H24F3N3O4/c1-14(32-13-17-5-2-3-9-31-17)20(29)27-21-26-18-11-15(22(23,24)25)7-8-19(18)28(21)12-16-6-4-10-30-16/h4,6-8,10-11,14,17H,2-3,5,9,12-13H2,1H3,(H,26,27,29). The lowest BCUT2D eigenvalue weighted by Crippen LogP contribution is -2.33. The molecule has 0 radical (unpaired) electrons. The first-order valence-electron chi connectivity index (χ1n) is 10.4. The number of furan rings is 1. The summed E-state index contributed by atoms with van der Waals surface area (Å²) in [6, 6.07) is 6.73. The number of anilines is 1. The van der Waals surface area contributed by atoms with E-state index in [2.05, 4.69) is 10.3 Å². The van der Waals surface area contributed by atoms with E-state index in [-0.39, 0.29) is 24.1 Å². The van der Waals surface area contributed by atoms with Crippen LogP contribution in [0.15, 0.2) is 41.0 Å². The van der Waals surface area contributed by atoms with Crippen molar-refractivity contribution in [3.05, 3.63) is 47.9 Å². The molecule has 3 heterocycles. The van der Waals surface area contributed by atoms with Gasteiger partial charge in [0.05, 0.1) is 42.1 Å². The second-order valence-electron chi connectivity index (χ2n) is 7.76. The van der Waals surface area contributed by atoms with E-state index in [9.17, 15) is 18.0 Å². The van der Waals surface area contributed by atoms with Crippen LogP contribution in [0.2, 0.25) is 0 Å². The number of amides is 1. The van der Waals surface area contributed by atoms with Gasteiger partial charge < -0.3 is 18.5 Å². The highest BCUT2D eigenvalue weighted by Crippen LogP contribution is 2.32. The fourth-order valence-electron chi connectivity index (χ4n) is 3.60. The van der Waals surface area contributed by atoms with Gasteiger partial charge in [-0.2, -0.15) is 13.2 Å². The van der Waals surface area contributed by atoms with Crippen LogP contribution in [0.25, 0.3) is 11.0 Å². The van der Waals surface area contributed by atoms with Gasteiger partial charge in [-0.3, -0.25) is 10.1 Å². The topological polar surface area (TPSA) is 78.5 Å². The third-order valence-corrected chi connectivity index (χ3v) is 5.38. The fourth-order valence-corrected chi connectivity index (χ4v) is 3.60. The number of alkyl halides is 3. The number of ether oxygens (including phenoxy) is 2. The summed E-state index contributed by atoms with van der Waals surface area (Å²) in [6.07, 6.45) is -0.857. The van der Waals surface area contributed by atoms with Gasteiger partial charge in [-0.25, -0.2) is 4.98 Å². The molecule has 2 atom stereocenters. The fraction of sp³-hybridized carbons (Fsp3) is 0.455. The number of halogens is 3. The van der Waals surface area contributed by atoms with Crippen molar-refractivity contribution in [3.8, 4) is 0 Å². The smallest absolute Gasteiger partial charge is 0.416 e. The van der Waals surface area contributed by atoms with Crippen molar-refractivity contribution in [1.29, 1.82) is 0 Å². The number of carbonyl (C=O) groups excluding carboxylic acids is 1. The quantitative estimate of drug-likeness (QED) is 0.568. The molecule has 172 valence electrons. The third-order valence-electron chi connectivity index (χ3n) is 5.38. The Balaban J connectivity index is 1.54. The van der Waals surface area contributed by atoms with Crippen molar-refractivity contribution in [1.82, 2.24) is 9.55 Å². The van der Waals surface area contributed by atoms with Crippen LogP contribution in [0.1, 0.15) is 37.5 Å². The normalized spacial score (nSPS) is 18.1. The van der Waals surface area contributed by atoms with Gasteiger partial charge in [0.1, 0.15) is 11.9 Å². The van der Waals surface area contributed by atoms with Gasteiger partial charge in [0, 0.05) is 6.61 Å². The summed E-state index contributed by atoms with van der Waals surface area (Å²) >= 11 is 0. The summed E-state index contributed by atoms with van der Waals surface area (Å²) in [5.74, 6) is 0.233. The number of rotatable bonds is 7. The van der Waals surface area contributed by atoms with Crippen LogP contribution in [0.4, 0.5) is 19.1 Å². The summed E-state index contributed by atoms with van der Waals surface area (Å²) in [5, 5.41) is 2.68. The number of hydrogen-bond donors (Lipinski definition) is 1. The molecule has 1 aromatic carbocycles. The summed E-state index contributed by atoms with van der Waals surface area (Å²) < 4.78 is 57.6. The summed E-state index contributed by atoms with van der Waals surface area (Å²) in [5.41, 5.74) is -0.255. The molecule has 2 aromatic heterocycles. The van der Waals surface area contributed by atoms with E-state index in [1.807, 2.05) is 0 Å². The zero-order chi connectivity index (χ0) is 22.7. The predicted octanol–water partition coefficient (Wildman–Crippen LogP) is 4.61. The van der Waals surface area contributed by atoms with Gasteiger partial charge in [0.15, 0.2) is 0 Å². The molecule has 1 aliphatic heterocycles. The maximum atomic E-state index is 13.1. The predicted molar refractivity (Wildman–Crippen MR) is 110 cm³/mol. The van der Waals surface area contributed by atoms with Crippen LogP contribution in [0, 0.1) is 0 Å². The number of nitrogens with one attached hydrogen (secondary N) is 1. The molecule has 1 amide bonds. The van der Waals surface area contributed by atoms with Crippen molar-refractivity contribution in [2.75, 3.05) is 18.5 Å². The van der Waals surface area contributed by atoms with E-state index < -0.39 is 23.8 Å². The molecule has 2 unspecified atom stereocenters. The Morgan fingerprint density at radius 3 is 2.88 bits per heavy atom. The minimum Gasteiger partial charge on any atom is -0.467 e. The first-order valence-corrected chi connectivity index (χ1v) is 10.4. The average molecular weight is 451 g/mol. The van der Waals surface area contributed by atoms with Crippen LogP contribution in [-0.2, 0) is 27.0 Å². The Hall–Kier alpha value is -2.85. The molecule has 0 bridgehead atoms. The van der Waals surface area contributed by atoms with Crippen LogP contribution in [0.3, 0.4) is 0 Å². The van der Waals surface area contributed by atoms with Crippen molar-refractivity contribution in [2.45, 2.75) is 51.1 Å². The van der Waals surface area contributed by atoms with E-state index in [4.69, 9.17) is 13.9 Å². The van der Waals surface area contributed by atoms with E-state index in [0.717, 1.165) is 31.4 Å². The van der Waals surface area contributed by atoms with E-state index in [1.165, 1.54) is 12.3 Å². The van der Waals surface area contributed by atoms with Crippen molar-refractivity contribution in [2.24, 2.45) is 0 Å². The zero-order valence-electron chi connectivity index (χ0n) is 17.5. The Morgan fingerprint density at radius 2 is 2.19 bits per heavy atom. The van der Waals surface area contributed by atoms with Gasteiger partial charge in [-0.15, -0.1) is 0 Å². The monoisotopic (exact) mass is 451 g/mol. The molecule has 7 nitrogen and oxygen atoms in total.